The van der Waals surface area contributed by atoms with Gasteiger partial charge in [0.1, 0.15) is 5.75 Å². The summed E-state index contributed by atoms with van der Waals surface area (Å²) in [5, 5.41) is 21.4. The van der Waals surface area contributed by atoms with Gasteiger partial charge in [0, 0.05) is 31.4 Å². The zero-order valence-electron chi connectivity index (χ0n) is 21.7. The van der Waals surface area contributed by atoms with E-state index in [1.165, 1.54) is 23.3 Å². The van der Waals surface area contributed by atoms with Gasteiger partial charge in [0.2, 0.25) is 5.75 Å². The number of benzene rings is 4. The molecule has 0 saturated carbocycles. The molecule has 210 valence electrons. The van der Waals surface area contributed by atoms with Crippen LogP contribution in [0.2, 0.25) is 0 Å². The lowest BCUT2D eigenvalue weighted by Crippen LogP contribution is -2.06. The molecule has 4 rings (SSSR count). The molecule has 0 radical (unpaired) electrons. The summed E-state index contributed by atoms with van der Waals surface area (Å²) in [7, 11) is 0. The number of rotatable bonds is 7. The molecule has 8 nitrogen and oxygen atoms in total. The van der Waals surface area contributed by atoms with Gasteiger partial charge in [-0.15, -0.1) is 0 Å². The molecule has 0 aliphatic rings. The Labute approximate surface area is 228 Å². The molecule has 4 aromatic rings. The van der Waals surface area contributed by atoms with Crippen molar-refractivity contribution in [3.05, 3.63) is 129 Å². The molecule has 0 aromatic heterocycles. The van der Waals surface area contributed by atoms with Crippen molar-refractivity contribution < 1.29 is 32.5 Å². The molecule has 11 heteroatoms. The standard InChI is InChI=1S/C13H7F3N2O5.C12H10.C4H10O/c14-13(15,16)8-1-6-12(11(7-8)18(21)22)23-10-4-2-9(3-5-10)17(19)20;1-3-7-11(8-4-1)12-9-5-2-6-10-12;1-3-5-4-2/h1-7H;1-10H;3-4H2,1-2H3. The maximum Gasteiger partial charge on any atom is 0.416 e. The van der Waals surface area contributed by atoms with Gasteiger partial charge in [-0.25, -0.2) is 0 Å². The first-order valence-electron chi connectivity index (χ1n) is 12.0. The number of halogens is 3. The molecule has 0 fully saturated rings. The number of nitrogens with zero attached hydrogens (tertiary/aromatic N) is 2. The Morgan fingerprint density at radius 3 is 1.57 bits per heavy atom. The Hall–Kier alpha value is -4.77. The normalized spacial score (nSPS) is 10.3. The number of hydrogen-bond acceptors (Lipinski definition) is 6. The number of ether oxygens (including phenoxy) is 2. The SMILES string of the molecule is CCOCC.O=[N+]([O-])c1ccc(Oc2ccc(C(F)(F)F)cc2[N+](=O)[O-])cc1.c1ccc(-c2ccccc2)cc1. The van der Waals surface area contributed by atoms with E-state index in [1.807, 2.05) is 26.0 Å². The highest BCUT2D eigenvalue weighted by Gasteiger charge is 2.33. The van der Waals surface area contributed by atoms with E-state index >= 15 is 0 Å². The molecule has 0 amide bonds. The van der Waals surface area contributed by atoms with Crippen molar-refractivity contribution in [3.8, 4) is 22.6 Å². The number of alkyl halides is 3. The summed E-state index contributed by atoms with van der Waals surface area (Å²) < 4.78 is 47.7. The van der Waals surface area contributed by atoms with Gasteiger partial charge in [-0.2, -0.15) is 13.2 Å². The zero-order chi connectivity index (χ0) is 29.5. The van der Waals surface area contributed by atoms with Crippen LogP contribution in [0.3, 0.4) is 0 Å². The quantitative estimate of drug-likeness (QED) is 0.167. The van der Waals surface area contributed by atoms with E-state index in [1.54, 1.807) is 0 Å². The maximum atomic E-state index is 12.6. The first-order chi connectivity index (χ1) is 19.1. The Morgan fingerprint density at radius 2 is 1.20 bits per heavy atom. The molecule has 0 aliphatic heterocycles. The van der Waals surface area contributed by atoms with Crippen LogP contribution in [0.25, 0.3) is 11.1 Å². The summed E-state index contributed by atoms with van der Waals surface area (Å²) in [6, 6.07) is 27.2. The Kier molecular flexibility index (Phi) is 12.3. The fourth-order valence-electron chi connectivity index (χ4n) is 3.15. The van der Waals surface area contributed by atoms with E-state index in [9.17, 15) is 33.4 Å². The van der Waals surface area contributed by atoms with E-state index in [0.29, 0.717) is 12.1 Å². The highest BCUT2D eigenvalue weighted by Crippen LogP contribution is 2.38. The van der Waals surface area contributed by atoms with Crippen molar-refractivity contribution in [2.75, 3.05) is 13.2 Å². The summed E-state index contributed by atoms with van der Waals surface area (Å²) in [4.78, 5) is 19.8. The molecule has 0 bridgehead atoms. The summed E-state index contributed by atoms with van der Waals surface area (Å²) in [6.07, 6.45) is -4.73. The largest absolute Gasteiger partial charge is 0.450 e. The Balaban J connectivity index is 0.000000272. The lowest BCUT2D eigenvalue weighted by atomic mass is 10.1. The van der Waals surface area contributed by atoms with Crippen molar-refractivity contribution in [1.29, 1.82) is 0 Å². The highest BCUT2D eigenvalue weighted by molar-refractivity contribution is 5.62. The third-order valence-corrected chi connectivity index (χ3v) is 5.05. The zero-order valence-corrected chi connectivity index (χ0v) is 21.7. The van der Waals surface area contributed by atoms with Crippen molar-refractivity contribution >= 4 is 11.4 Å². The van der Waals surface area contributed by atoms with Crippen LogP contribution in [0.4, 0.5) is 24.5 Å². The second kappa shape index (κ2) is 15.6. The van der Waals surface area contributed by atoms with Gasteiger partial charge in [0.15, 0.2) is 0 Å². The molecule has 40 heavy (non-hydrogen) atoms. The topological polar surface area (TPSA) is 105 Å². The molecule has 0 unspecified atom stereocenters. The second-order valence-electron chi connectivity index (χ2n) is 7.80. The molecule has 0 aliphatic carbocycles. The van der Waals surface area contributed by atoms with Gasteiger partial charge in [-0.05, 0) is 49.2 Å². The van der Waals surface area contributed by atoms with Gasteiger partial charge >= 0.3 is 11.9 Å². The van der Waals surface area contributed by atoms with Gasteiger partial charge < -0.3 is 9.47 Å². The molecular formula is C29H27F3N2O6. The third kappa shape index (κ3) is 10.2. The van der Waals surface area contributed by atoms with Crippen LogP contribution in [-0.4, -0.2) is 23.1 Å². The molecule has 0 saturated heterocycles. The fourth-order valence-corrected chi connectivity index (χ4v) is 3.15. The van der Waals surface area contributed by atoms with E-state index < -0.39 is 33.0 Å². The van der Waals surface area contributed by atoms with Gasteiger partial charge in [0.25, 0.3) is 5.69 Å². The first-order valence-corrected chi connectivity index (χ1v) is 12.0. The van der Waals surface area contributed by atoms with E-state index in [2.05, 4.69) is 48.5 Å². The van der Waals surface area contributed by atoms with Crippen LogP contribution in [0.15, 0.2) is 103 Å². The van der Waals surface area contributed by atoms with Crippen LogP contribution in [0.1, 0.15) is 19.4 Å². The van der Waals surface area contributed by atoms with Crippen molar-refractivity contribution in [2.45, 2.75) is 20.0 Å². The molecular weight excluding hydrogens is 529 g/mol. The van der Waals surface area contributed by atoms with Crippen molar-refractivity contribution in [1.82, 2.24) is 0 Å². The fraction of sp³-hybridized carbons (Fsp3) is 0.172. The highest BCUT2D eigenvalue weighted by atomic mass is 19.4. The van der Waals surface area contributed by atoms with Crippen LogP contribution in [-0.2, 0) is 10.9 Å². The van der Waals surface area contributed by atoms with E-state index in [-0.39, 0.29) is 11.4 Å². The van der Waals surface area contributed by atoms with Crippen LogP contribution in [0, 0.1) is 20.2 Å². The van der Waals surface area contributed by atoms with Crippen molar-refractivity contribution in [3.63, 3.8) is 0 Å². The number of hydrogen-bond donors (Lipinski definition) is 0. The molecule has 0 atom stereocenters. The maximum absolute atomic E-state index is 12.6. The minimum atomic E-state index is -4.73. The minimum absolute atomic E-state index is 0.0125. The minimum Gasteiger partial charge on any atom is -0.450 e. The molecule has 4 aromatic carbocycles. The lowest BCUT2D eigenvalue weighted by Gasteiger charge is -2.09. The van der Waals surface area contributed by atoms with E-state index in [4.69, 9.17) is 9.47 Å². The first kappa shape index (κ1) is 31.4. The van der Waals surface area contributed by atoms with Gasteiger partial charge in [-0.3, -0.25) is 20.2 Å². The van der Waals surface area contributed by atoms with Crippen molar-refractivity contribution in [2.24, 2.45) is 0 Å². The number of nitro benzene ring substituents is 2. The van der Waals surface area contributed by atoms with Crippen LogP contribution >= 0.6 is 0 Å². The predicted molar refractivity (Wildman–Crippen MR) is 145 cm³/mol. The van der Waals surface area contributed by atoms with Crippen LogP contribution in [0.5, 0.6) is 11.5 Å². The smallest absolute Gasteiger partial charge is 0.416 e. The third-order valence-electron chi connectivity index (χ3n) is 5.05. The predicted octanol–water partition coefficient (Wildman–Crippen LogP) is 8.71. The summed E-state index contributed by atoms with van der Waals surface area (Å²) in [5.41, 5.74) is 0.286. The van der Waals surface area contributed by atoms with E-state index in [0.717, 1.165) is 31.4 Å². The Morgan fingerprint density at radius 1 is 0.700 bits per heavy atom. The second-order valence-corrected chi connectivity index (χ2v) is 7.80. The average molecular weight is 557 g/mol. The number of nitro groups is 2. The summed E-state index contributed by atoms with van der Waals surface area (Å²) in [5.74, 6) is -0.393. The molecule has 0 N–H and O–H groups in total. The summed E-state index contributed by atoms with van der Waals surface area (Å²) >= 11 is 0. The van der Waals surface area contributed by atoms with Crippen LogP contribution < -0.4 is 4.74 Å². The summed E-state index contributed by atoms with van der Waals surface area (Å²) in [6.45, 7) is 5.67. The number of non-ortho nitro benzene ring substituents is 1. The van der Waals surface area contributed by atoms with Gasteiger partial charge in [0.05, 0.1) is 15.4 Å². The molecule has 0 spiro atoms. The average Bonchev–Trinajstić information content (AvgIpc) is 2.95. The van der Waals surface area contributed by atoms with Gasteiger partial charge in [-0.1, -0.05) is 60.7 Å². The molecule has 0 heterocycles. The Bertz CT molecular complexity index is 1310. The monoisotopic (exact) mass is 556 g/mol. The lowest BCUT2D eigenvalue weighted by molar-refractivity contribution is -0.385.